The summed E-state index contributed by atoms with van der Waals surface area (Å²) in [5.74, 6) is -3.04. The molecule has 1 aromatic heterocycles. The molecule has 64 valence electrons. The van der Waals surface area contributed by atoms with Crippen molar-refractivity contribution in [1.29, 1.82) is 0 Å². The highest BCUT2D eigenvalue weighted by atomic mass is 79.9. The summed E-state index contributed by atoms with van der Waals surface area (Å²) in [6, 6.07) is -1.97. The highest BCUT2D eigenvalue weighted by molar-refractivity contribution is 9.10. The molecule has 0 aromatic carbocycles. The summed E-state index contributed by atoms with van der Waals surface area (Å²) in [4.78, 5) is 3.65. The van der Waals surface area contributed by atoms with Crippen molar-refractivity contribution in [3.8, 4) is 0 Å². The molecule has 1 aromatic rings. The molecule has 0 radical (unpaired) electrons. The SMILES string of the molecule is [2H]c1c(Br)nc(C2([2H])C([2H])([2H])OC([2H])([2H])C2([2H])[2H])c([2H])c1[2H]. The van der Waals surface area contributed by atoms with Crippen LogP contribution in [0, 0.1) is 0 Å². The van der Waals surface area contributed by atoms with E-state index in [1.165, 1.54) is 0 Å². The Kier molecular flexibility index (Phi) is 0.751. The van der Waals surface area contributed by atoms with Gasteiger partial charge in [-0.2, -0.15) is 0 Å². The molecule has 1 saturated heterocycles. The maximum atomic E-state index is 8.22. The molecule has 0 aliphatic carbocycles. The molecule has 1 fully saturated rings. The smallest absolute Gasteiger partial charge is 0.106 e. The number of hydrogen-bond donors (Lipinski definition) is 0. The van der Waals surface area contributed by atoms with Gasteiger partial charge in [-0.3, -0.25) is 0 Å². The first-order chi connectivity index (χ1) is 9.71. The number of ether oxygens (including phenoxy) is 1. The minimum absolute atomic E-state index is 0.269. The van der Waals surface area contributed by atoms with Crippen molar-refractivity contribution < 1.29 is 18.4 Å². The first-order valence-electron chi connectivity index (χ1n) is 8.04. The molecular weight excluding hydrogens is 218 g/mol. The Bertz CT molecular complexity index is 650. The van der Waals surface area contributed by atoms with Gasteiger partial charge in [0.1, 0.15) is 4.60 Å². The minimum Gasteiger partial charge on any atom is -0.381 e. The molecule has 0 saturated carbocycles. The van der Waals surface area contributed by atoms with Gasteiger partial charge in [0.25, 0.3) is 0 Å². The molecule has 1 atom stereocenters. The van der Waals surface area contributed by atoms with E-state index in [0.717, 1.165) is 0 Å². The quantitative estimate of drug-likeness (QED) is 0.700. The van der Waals surface area contributed by atoms with Crippen molar-refractivity contribution in [2.75, 3.05) is 13.1 Å². The fourth-order valence-corrected chi connectivity index (χ4v) is 0.977. The van der Waals surface area contributed by atoms with Crippen molar-refractivity contribution in [2.24, 2.45) is 0 Å². The van der Waals surface area contributed by atoms with Crippen LogP contribution in [0.4, 0.5) is 0 Å². The predicted octanol–water partition coefficient (Wildman–Crippen LogP) is 2.35. The maximum Gasteiger partial charge on any atom is 0.106 e. The van der Waals surface area contributed by atoms with E-state index in [0.29, 0.717) is 0 Å². The number of aromatic nitrogens is 1. The second-order valence-electron chi connectivity index (χ2n) is 1.93. The van der Waals surface area contributed by atoms with Crippen LogP contribution >= 0.6 is 15.9 Å². The zero-order valence-corrected chi connectivity index (χ0v) is 7.32. The van der Waals surface area contributed by atoms with Gasteiger partial charge in [-0.05, 0) is 34.4 Å². The zero-order chi connectivity index (χ0) is 17.3. The summed E-state index contributed by atoms with van der Waals surface area (Å²) in [5.41, 5.74) is -0.809. The van der Waals surface area contributed by atoms with Crippen LogP contribution in [-0.4, -0.2) is 18.1 Å². The molecule has 2 rings (SSSR count). The van der Waals surface area contributed by atoms with Gasteiger partial charge in [0.2, 0.25) is 0 Å². The molecule has 2 nitrogen and oxygen atoms in total. The van der Waals surface area contributed by atoms with E-state index in [4.69, 9.17) is 13.7 Å². The molecule has 2 heterocycles. The molecule has 3 heteroatoms. The summed E-state index contributed by atoms with van der Waals surface area (Å²) >= 11 is 2.84. The first kappa shape index (κ1) is 2.55. The molecule has 0 amide bonds. The summed E-state index contributed by atoms with van der Waals surface area (Å²) < 4.78 is 81.4. The lowest BCUT2D eigenvalue weighted by molar-refractivity contribution is 0.193. The maximum absolute atomic E-state index is 8.22. The Morgan fingerprint density at radius 3 is 3.50 bits per heavy atom. The van der Waals surface area contributed by atoms with Crippen molar-refractivity contribution >= 4 is 15.9 Å². The third-order valence-electron chi connectivity index (χ3n) is 1.17. The second kappa shape index (κ2) is 3.54. The zero-order valence-electron chi connectivity index (χ0n) is 15.7. The highest BCUT2D eigenvalue weighted by Crippen LogP contribution is 2.24. The minimum atomic E-state index is -3.19. The Morgan fingerprint density at radius 1 is 1.83 bits per heavy atom. The van der Waals surface area contributed by atoms with Gasteiger partial charge in [0.05, 0.1) is 16.2 Å². The van der Waals surface area contributed by atoms with Crippen LogP contribution < -0.4 is 0 Å². The normalized spacial score (nSPS) is 53.8. The molecule has 1 unspecified atom stereocenters. The van der Waals surface area contributed by atoms with E-state index in [1.807, 2.05) is 0 Å². The third kappa shape index (κ3) is 1.67. The van der Waals surface area contributed by atoms with Crippen LogP contribution in [-0.2, 0) is 4.74 Å². The molecule has 0 bridgehead atoms. The van der Waals surface area contributed by atoms with Crippen molar-refractivity contribution in [3.63, 3.8) is 0 Å². The fraction of sp³-hybridized carbons (Fsp3) is 0.444. The number of nitrogens with zero attached hydrogens (tertiary/aromatic N) is 1. The Morgan fingerprint density at radius 2 is 2.75 bits per heavy atom. The van der Waals surface area contributed by atoms with Gasteiger partial charge in [0, 0.05) is 22.3 Å². The van der Waals surface area contributed by atoms with Crippen molar-refractivity contribution in [2.45, 2.75) is 12.3 Å². The fourth-order valence-electron chi connectivity index (χ4n) is 0.701. The largest absolute Gasteiger partial charge is 0.381 e. The van der Waals surface area contributed by atoms with Crippen LogP contribution in [0.1, 0.15) is 31.7 Å². The average molecular weight is 238 g/mol. The third-order valence-corrected chi connectivity index (χ3v) is 1.55. The van der Waals surface area contributed by atoms with Crippen LogP contribution in [0.5, 0.6) is 0 Å². The van der Waals surface area contributed by atoms with E-state index >= 15 is 0 Å². The van der Waals surface area contributed by atoms with Crippen LogP contribution in [0.2, 0.25) is 0 Å². The van der Waals surface area contributed by atoms with Gasteiger partial charge in [-0.1, -0.05) is 6.04 Å². The van der Waals surface area contributed by atoms with Crippen LogP contribution in [0.25, 0.3) is 0 Å². The van der Waals surface area contributed by atoms with Crippen molar-refractivity contribution in [1.82, 2.24) is 4.98 Å². The number of pyridine rings is 1. The molecule has 1 aliphatic heterocycles. The van der Waals surface area contributed by atoms with E-state index in [9.17, 15) is 0 Å². The standard InChI is InChI=1S/C9H10BrNO/c10-9-3-1-2-8(11-9)7-4-5-12-6-7/h1-3,7H,4-6H2/i1D,2D,3D,4D2,5D2,6D2,7D. The molecular formula is C9H10BrNO. The Labute approximate surface area is 94.1 Å². The summed E-state index contributed by atoms with van der Waals surface area (Å²) in [5, 5.41) is 0. The lowest BCUT2D eigenvalue weighted by Crippen LogP contribution is -2.00. The molecule has 0 N–H and O–H groups in total. The van der Waals surface area contributed by atoms with Gasteiger partial charge in [-0.15, -0.1) is 0 Å². The van der Waals surface area contributed by atoms with Gasteiger partial charge in [-0.25, -0.2) is 4.98 Å². The number of hydrogen-bond acceptors (Lipinski definition) is 2. The van der Waals surface area contributed by atoms with E-state index < -0.39 is 49.2 Å². The molecule has 1 aliphatic rings. The lowest BCUT2D eigenvalue weighted by Gasteiger charge is -2.05. The van der Waals surface area contributed by atoms with Gasteiger partial charge in [0.15, 0.2) is 0 Å². The topological polar surface area (TPSA) is 22.1 Å². The van der Waals surface area contributed by atoms with E-state index in [2.05, 4.69) is 25.7 Å². The highest BCUT2D eigenvalue weighted by Gasteiger charge is 2.18. The first-order valence-corrected chi connectivity index (χ1v) is 3.84. The number of halogens is 1. The summed E-state index contributed by atoms with van der Waals surface area (Å²) in [6.45, 7) is -6.28. The van der Waals surface area contributed by atoms with Crippen LogP contribution in [0.15, 0.2) is 22.7 Å². The van der Waals surface area contributed by atoms with Crippen LogP contribution in [0.3, 0.4) is 0 Å². The monoisotopic (exact) mass is 237 g/mol. The van der Waals surface area contributed by atoms with Gasteiger partial charge >= 0.3 is 0 Å². The van der Waals surface area contributed by atoms with Gasteiger partial charge < -0.3 is 4.74 Å². The summed E-state index contributed by atoms with van der Waals surface area (Å²) in [7, 11) is 0. The Hall–Kier alpha value is -0.410. The Balaban J connectivity index is 2.85. The van der Waals surface area contributed by atoms with E-state index in [-0.39, 0.29) is 4.60 Å². The average Bonchev–Trinajstić information content (AvgIpc) is 2.46. The number of rotatable bonds is 1. The van der Waals surface area contributed by atoms with Crippen molar-refractivity contribution in [3.05, 3.63) is 28.4 Å². The predicted molar refractivity (Wildman–Crippen MR) is 50.1 cm³/mol. The summed E-state index contributed by atoms with van der Waals surface area (Å²) in [6.07, 6.45) is -3.19. The molecule has 12 heavy (non-hydrogen) atoms. The molecule has 0 spiro atoms. The van der Waals surface area contributed by atoms with E-state index in [1.54, 1.807) is 0 Å². The lowest BCUT2D eigenvalue weighted by atomic mass is 10.0. The second-order valence-corrected chi connectivity index (χ2v) is 2.68.